The zero-order chi connectivity index (χ0) is 15.6. The van der Waals surface area contributed by atoms with E-state index in [9.17, 15) is 8.42 Å². The Labute approximate surface area is 124 Å². The van der Waals surface area contributed by atoms with Crippen LogP contribution in [0.15, 0.2) is 35.5 Å². The van der Waals surface area contributed by atoms with Crippen molar-refractivity contribution < 1.29 is 8.42 Å². The van der Waals surface area contributed by atoms with Crippen molar-refractivity contribution >= 4 is 21.4 Å². The van der Waals surface area contributed by atoms with Crippen LogP contribution in [0, 0.1) is 20.8 Å². The standard InChI is InChI=1S/C14H18N4O2S/c1-9-6-12(17-15)7-10(2)14(9)21(19,20)18-13-4-5-16-8-11(13)3/h4-8,17H,15H2,1-3H3,(H,16,18). The number of nitrogen functional groups attached to an aromatic ring is 1. The van der Waals surface area contributed by atoms with Crippen molar-refractivity contribution in [3.05, 3.63) is 47.3 Å². The Kier molecular flexibility index (Phi) is 4.15. The highest BCUT2D eigenvalue weighted by Gasteiger charge is 2.21. The molecule has 0 amide bonds. The van der Waals surface area contributed by atoms with E-state index in [1.807, 2.05) is 0 Å². The molecule has 0 bridgehead atoms. The molecule has 0 aliphatic rings. The summed E-state index contributed by atoms with van der Waals surface area (Å²) in [7, 11) is -3.67. The minimum atomic E-state index is -3.67. The normalized spacial score (nSPS) is 11.2. The molecule has 0 unspecified atom stereocenters. The number of hydrogen-bond acceptors (Lipinski definition) is 5. The number of pyridine rings is 1. The molecule has 4 N–H and O–H groups in total. The number of anilines is 2. The van der Waals surface area contributed by atoms with E-state index in [-0.39, 0.29) is 4.90 Å². The summed E-state index contributed by atoms with van der Waals surface area (Å²) in [6, 6.07) is 5.02. The van der Waals surface area contributed by atoms with Gasteiger partial charge in [0.05, 0.1) is 10.6 Å². The van der Waals surface area contributed by atoms with Crippen LogP contribution in [0.5, 0.6) is 0 Å². The number of sulfonamides is 1. The summed E-state index contributed by atoms with van der Waals surface area (Å²) in [5.41, 5.74) is 5.73. The zero-order valence-electron chi connectivity index (χ0n) is 12.1. The van der Waals surface area contributed by atoms with Gasteiger partial charge in [-0.25, -0.2) is 8.42 Å². The molecule has 7 heteroatoms. The Morgan fingerprint density at radius 2 is 1.71 bits per heavy atom. The third-order valence-electron chi connectivity index (χ3n) is 3.16. The first-order valence-electron chi connectivity index (χ1n) is 6.36. The molecular formula is C14H18N4O2S. The van der Waals surface area contributed by atoms with Gasteiger partial charge in [0, 0.05) is 18.1 Å². The Morgan fingerprint density at radius 1 is 1.10 bits per heavy atom. The number of hydrogen-bond donors (Lipinski definition) is 3. The molecule has 6 nitrogen and oxygen atoms in total. The van der Waals surface area contributed by atoms with Crippen molar-refractivity contribution in [3.63, 3.8) is 0 Å². The fourth-order valence-corrected chi connectivity index (χ4v) is 3.83. The maximum Gasteiger partial charge on any atom is 0.262 e. The van der Waals surface area contributed by atoms with E-state index in [1.54, 1.807) is 51.4 Å². The first-order valence-corrected chi connectivity index (χ1v) is 7.85. The summed E-state index contributed by atoms with van der Waals surface area (Å²) < 4.78 is 27.8. The largest absolute Gasteiger partial charge is 0.324 e. The van der Waals surface area contributed by atoms with Crippen LogP contribution in [0.25, 0.3) is 0 Å². The smallest absolute Gasteiger partial charge is 0.262 e. The minimum Gasteiger partial charge on any atom is -0.324 e. The Morgan fingerprint density at radius 3 is 2.24 bits per heavy atom. The summed E-state index contributed by atoms with van der Waals surface area (Å²) >= 11 is 0. The van der Waals surface area contributed by atoms with E-state index in [4.69, 9.17) is 5.84 Å². The van der Waals surface area contributed by atoms with E-state index in [1.165, 1.54) is 0 Å². The van der Waals surface area contributed by atoms with Crippen molar-refractivity contribution in [2.24, 2.45) is 5.84 Å². The Hall–Kier alpha value is -2.12. The average molecular weight is 306 g/mol. The number of hydrazine groups is 1. The maximum absolute atomic E-state index is 12.6. The second-order valence-corrected chi connectivity index (χ2v) is 6.50. The van der Waals surface area contributed by atoms with E-state index in [0.29, 0.717) is 22.5 Å². The minimum absolute atomic E-state index is 0.262. The molecule has 0 saturated heterocycles. The number of aryl methyl sites for hydroxylation is 3. The molecule has 112 valence electrons. The fourth-order valence-electron chi connectivity index (χ4n) is 2.24. The van der Waals surface area contributed by atoms with Gasteiger partial charge in [-0.05, 0) is 55.7 Å². The van der Waals surface area contributed by atoms with Crippen LogP contribution in [0.2, 0.25) is 0 Å². The van der Waals surface area contributed by atoms with Gasteiger partial charge >= 0.3 is 0 Å². The molecule has 0 aliphatic carbocycles. The summed E-state index contributed by atoms with van der Waals surface area (Å²) in [5, 5.41) is 0. The van der Waals surface area contributed by atoms with Crippen molar-refractivity contribution in [3.8, 4) is 0 Å². The second-order valence-electron chi connectivity index (χ2n) is 4.88. The van der Waals surface area contributed by atoms with Crippen LogP contribution < -0.4 is 16.0 Å². The van der Waals surface area contributed by atoms with Gasteiger partial charge in [-0.3, -0.25) is 15.5 Å². The van der Waals surface area contributed by atoms with Gasteiger partial charge in [-0.15, -0.1) is 0 Å². The highest BCUT2D eigenvalue weighted by Crippen LogP contribution is 2.26. The molecule has 2 aromatic rings. The van der Waals surface area contributed by atoms with Crippen molar-refractivity contribution in [2.45, 2.75) is 25.7 Å². The predicted molar refractivity (Wildman–Crippen MR) is 83.5 cm³/mol. The lowest BCUT2D eigenvalue weighted by Gasteiger charge is -2.15. The van der Waals surface area contributed by atoms with Crippen molar-refractivity contribution in [1.29, 1.82) is 0 Å². The summed E-state index contributed by atoms with van der Waals surface area (Å²) in [6.45, 7) is 5.27. The molecule has 0 radical (unpaired) electrons. The average Bonchev–Trinajstić information content (AvgIpc) is 2.40. The molecule has 2 rings (SSSR count). The van der Waals surface area contributed by atoms with Gasteiger partial charge in [-0.2, -0.15) is 0 Å². The lowest BCUT2D eigenvalue weighted by molar-refractivity contribution is 0.600. The Bertz CT molecular complexity index is 749. The van der Waals surface area contributed by atoms with Gasteiger partial charge in [-0.1, -0.05) is 0 Å². The Balaban J connectivity index is 2.48. The van der Waals surface area contributed by atoms with Crippen LogP contribution in [0.1, 0.15) is 16.7 Å². The molecule has 0 aliphatic heterocycles. The van der Waals surface area contributed by atoms with Crippen LogP contribution >= 0.6 is 0 Å². The summed E-state index contributed by atoms with van der Waals surface area (Å²) in [5.74, 6) is 5.37. The third kappa shape index (κ3) is 3.14. The van der Waals surface area contributed by atoms with Crippen LogP contribution in [-0.2, 0) is 10.0 Å². The topological polar surface area (TPSA) is 97.1 Å². The molecule has 0 atom stereocenters. The quantitative estimate of drug-likeness (QED) is 0.593. The van der Waals surface area contributed by atoms with E-state index >= 15 is 0 Å². The van der Waals surface area contributed by atoms with Gasteiger partial charge in [0.25, 0.3) is 10.0 Å². The van der Waals surface area contributed by atoms with Crippen molar-refractivity contribution in [1.82, 2.24) is 4.98 Å². The maximum atomic E-state index is 12.6. The number of rotatable bonds is 4. The molecule has 0 spiro atoms. The first kappa shape index (κ1) is 15.3. The SMILES string of the molecule is Cc1cnccc1NS(=O)(=O)c1c(C)cc(NN)cc1C. The van der Waals surface area contributed by atoms with Gasteiger partial charge < -0.3 is 5.43 Å². The second kappa shape index (κ2) is 5.71. The molecule has 1 heterocycles. The molecule has 0 fully saturated rings. The third-order valence-corrected chi connectivity index (χ3v) is 4.83. The zero-order valence-corrected chi connectivity index (χ0v) is 13.0. The lowest BCUT2D eigenvalue weighted by Crippen LogP contribution is -2.17. The highest BCUT2D eigenvalue weighted by atomic mass is 32.2. The lowest BCUT2D eigenvalue weighted by atomic mass is 10.1. The van der Waals surface area contributed by atoms with E-state index in [0.717, 1.165) is 5.56 Å². The van der Waals surface area contributed by atoms with Crippen molar-refractivity contribution in [2.75, 3.05) is 10.1 Å². The molecule has 1 aromatic carbocycles. The number of benzene rings is 1. The number of nitrogens with zero attached hydrogens (tertiary/aromatic N) is 1. The highest BCUT2D eigenvalue weighted by molar-refractivity contribution is 7.92. The number of aromatic nitrogens is 1. The fraction of sp³-hybridized carbons (Fsp3) is 0.214. The van der Waals surface area contributed by atoms with Crippen LogP contribution in [0.3, 0.4) is 0 Å². The summed E-state index contributed by atoms with van der Waals surface area (Å²) in [6.07, 6.45) is 3.16. The molecular weight excluding hydrogens is 288 g/mol. The number of nitrogens with one attached hydrogen (secondary N) is 2. The van der Waals surface area contributed by atoms with E-state index in [2.05, 4.69) is 15.1 Å². The summed E-state index contributed by atoms with van der Waals surface area (Å²) in [4.78, 5) is 4.21. The van der Waals surface area contributed by atoms with Crippen LogP contribution in [-0.4, -0.2) is 13.4 Å². The number of nitrogens with two attached hydrogens (primary N) is 1. The molecule has 0 saturated carbocycles. The molecule has 1 aromatic heterocycles. The van der Waals surface area contributed by atoms with Gasteiger partial charge in [0.2, 0.25) is 0 Å². The van der Waals surface area contributed by atoms with Gasteiger partial charge in [0.15, 0.2) is 0 Å². The van der Waals surface area contributed by atoms with E-state index < -0.39 is 10.0 Å². The first-order chi connectivity index (χ1) is 9.85. The predicted octanol–water partition coefficient (Wildman–Crippen LogP) is 2.09. The monoisotopic (exact) mass is 306 g/mol. The van der Waals surface area contributed by atoms with Gasteiger partial charge in [0.1, 0.15) is 0 Å². The van der Waals surface area contributed by atoms with Crippen LogP contribution in [0.4, 0.5) is 11.4 Å². The molecule has 21 heavy (non-hydrogen) atoms.